The number of carbonyl (C=O) groups is 6. The summed E-state index contributed by atoms with van der Waals surface area (Å²) in [6.07, 6.45) is 9.47. The molecule has 0 aromatic heterocycles. The summed E-state index contributed by atoms with van der Waals surface area (Å²) in [4.78, 5) is 72.3. The van der Waals surface area contributed by atoms with Gasteiger partial charge in [-0.15, -0.1) is 0 Å². The molecule has 14 heteroatoms. The number of hydrogen-bond donors (Lipinski definition) is 0. The van der Waals surface area contributed by atoms with E-state index in [0.717, 1.165) is 69.6 Å². The zero-order valence-corrected chi connectivity index (χ0v) is 32.3. The van der Waals surface area contributed by atoms with Crippen molar-refractivity contribution >= 4 is 35.8 Å². The lowest BCUT2D eigenvalue weighted by Gasteiger charge is -2.13. The van der Waals surface area contributed by atoms with Crippen molar-refractivity contribution in [2.24, 2.45) is 0 Å². The van der Waals surface area contributed by atoms with Crippen LogP contribution < -0.4 is 23.7 Å². The molecule has 0 N–H and O–H groups in total. The maximum absolute atomic E-state index is 13.1. The van der Waals surface area contributed by atoms with E-state index in [0.29, 0.717) is 37.9 Å². The van der Waals surface area contributed by atoms with E-state index in [2.05, 4.69) is 19.7 Å². The van der Waals surface area contributed by atoms with Crippen LogP contribution in [0, 0.1) is 0 Å². The van der Waals surface area contributed by atoms with Crippen LogP contribution in [0.4, 0.5) is 0 Å². The van der Waals surface area contributed by atoms with Crippen molar-refractivity contribution in [3.05, 3.63) is 116 Å². The molecule has 0 aliphatic carbocycles. The average molecular weight is 801 g/mol. The summed E-state index contributed by atoms with van der Waals surface area (Å²) in [5.74, 6) is -3.15. The topological polar surface area (TPSA) is 176 Å². The lowest BCUT2D eigenvalue weighted by atomic mass is 10.2. The maximum atomic E-state index is 13.1. The van der Waals surface area contributed by atoms with E-state index in [4.69, 9.17) is 37.9 Å². The van der Waals surface area contributed by atoms with Gasteiger partial charge in [-0.1, -0.05) is 19.7 Å². The normalized spacial score (nSPS) is 10.3. The fourth-order valence-electron chi connectivity index (χ4n) is 4.84. The van der Waals surface area contributed by atoms with Gasteiger partial charge in [-0.05, 0) is 112 Å². The van der Waals surface area contributed by atoms with E-state index in [-0.39, 0.29) is 41.4 Å². The Labute approximate surface area is 337 Å². The molecule has 0 unspecified atom stereocenters. The SMILES string of the molecule is C=CC(=O)OCCCCCCOc1ccc(C(=O)Oc2ccc(OC(=O)c3ccc(OCCCCCCOC(=O)C=C)cc3)c(OC(=O)CCOC(=O)C=C)c2)cc1. The molecular weight excluding hydrogens is 752 g/mol. The Kier molecular flexibility index (Phi) is 20.6. The van der Waals surface area contributed by atoms with Crippen LogP contribution >= 0.6 is 0 Å². The molecule has 0 aliphatic rings. The highest BCUT2D eigenvalue weighted by molar-refractivity contribution is 5.92. The summed E-state index contributed by atoms with van der Waals surface area (Å²) in [5.41, 5.74) is 0.400. The number of ether oxygens (including phenoxy) is 8. The second-order valence-corrected chi connectivity index (χ2v) is 12.3. The standard InChI is InChI=1S/C44H48O14/c1-4-39(45)53-28-13-9-7-11-26-51-34-19-15-32(16-20-34)43(49)56-36-23-24-37(38(31-36)57-42(48)25-30-55-41(47)6-3)58-44(50)33-17-21-35(22-18-33)52-27-12-8-10-14-29-54-40(46)5-2/h4-6,15-24,31H,1-3,7-14,25-30H2. The first-order chi connectivity index (χ1) is 28.1. The van der Waals surface area contributed by atoms with Gasteiger partial charge in [-0.25, -0.2) is 24.0 Å². The largest absolute Gasteiger partial charge is 0.494 e. The smallest absolute Gasteiger partial charge is 0.343 e. The van der Waals surface area contributed by atoms with Gasteiger partial charge in [0, 0.05) is 24.3 Å². The summed E-state index contributed by atoms with van der Waals surface area (Å²) >= 11 is 0. The minimum atomic E-state index is -0.820. The fourth-order valence-corrected chi connectivity index (χ4v) is 4.84. The van der Waals surface area contributed by atoms with Crippen molar-refractivity contribution in [1.29, 1.82) is 0 Å². The summed E-state index contributed by atoms with van der Waals surface area (Å²) in [7, 11) is 0. The van der Waals surface area contributed by atoms with Crippen LogP contribution in [-0.4, -0.2) is 68.9 Å². The Morgan fingerprint density at radius 2 is 0.845 bits per heavy atom. The van der Waals surface area contributed by atoms with Crippen molar-refractivity contribution in [2.75, 3.05) is 33.0 Å². The minimum Gasteiger partial charge on any atom is -0.494 e. The Hall–Kier alpha value is -6.70. The molecule has 0 aliphatic heterocycles. The molecule has 0 bridgehead atoms. The van der Waals surface area contributed by atoms with E-state index < -0.39 is 35.8 Å². The molecule has 0 amide bonds. The molecule has 3 rings (SSSR count). The highest BCUT2D eigenvalue weighted by atomic mass is 16.6. The summed E-state index contributed by atoms with van der Waals surface area (Å²) in [5, 5.41) is 0. The van der Waals surface area contributed by atoms with E-state index in [1.165, 1.54) is 42.5 Å². The molecule has 58 heavy (non-hydrogen) atoms. The molecule has 0 atom stereocenters. The van der Waals surface area contributed by atoms with Gasteiger partial charge in [0.2, 0.25) is 0 Å². The molecule has 3 aromatic rings. The van der Waals surface area contributed by atoms with Crippen LogP contribution in [0.1, 0.15) is 78.5 Å². The molecule has 0 saturated heterocycles. The van der Waals surface area contributed by atoms with E-state index in [1.54, 1.807) is 24.3 Å². The Balaban J connectivity index is 1.56. The summed E-state index contributed by atoms with van der Waals surface area (Å²) in [6.45, 7) is 11.3. The van der Waals surface area contributed by atoms with Crippen molar-refractivity contribution in [3.63, 3.8) is 0 Å². The van der Waals surface area contributed by atoms with Gasteiger partial charge in [0.25, 0.3) is 0 Å². The third-order valence-corrected chi connectivity index (χ3v) is 7.89. The van der Waals surface area contributed by atoms with Crippen LogP contribution in [-0.2, 0) is 33.4 Å². The number of hydrogen-bond acceptors (Lipinski definition) is 14. The fraction of sp³-hybridized carbons (Fsp3) is 0.318. The van der Waals surface area contributed by atoms with Crippen molar-refractivity contribution in [1.82, 2.24) is 0 Å². The van der Waals surface area contributed by atoms with Crippen molar-refractivity contribution in [2.45, 2.75) is 57.8 Å². The zero-order valence-electron chi connectivity index (χ0n) is 32.3. The van der Waals surface area contributed by atoms with Gasteiger partial charge in [-0.3, -0.25) is 4.79 Å². The number of carbonyl (C=O) groups excluding carboxylic acids is 6. The van der Waals surface area contributed by atoms with Crippen LogP contribution in [0.15, 0.2) is 105 Å². The number of esters is 6. The molecule has 0 radical (unpaired) electrons. The molecule has 0 saturated carbocycles. The molecule has 0 spiro atoms. The Morgan fingerprint density at radius 3 is 1.31 bits per heavy atom. The van der Waals surface area contributed by atoms with Crippen molar-refractivity contribution in [3.8, 4) is 28.7 Å². The van der Waals surface area contributed by atoms with Crippen LogP contribution in [0.25, 0.3) is 0 Å². The molecule has 14 nitrogen and oxygen atoms in total. The quantitative estimate of drug-likeness (QED) is 0.0244. The second-order valence-electron chi connectivity index (χ2n) is 12.3. The van der Waals surface area contributed by atoms with Gasteiger partial charge in [0.15, 0.2) is 11.5 Å². The van der Waals surface area contributed by atoms with Gasteiger partial charge in [0.1, 0.15) is 23.9 Å². The minimum absolute atomic E-state index is 0.0112. The molecule has 3 aromatic carbocycles. The lowest BCUT2D eigenvalue weighted by Crippen LogP contribution is -2.15. The third kappa shape index (κ3) is 17.8. The Morgan fingerprint density at radius 1 is 0.431 bits per heavy atom. The predicted molar refractivity (Wildman–Crippen MR) is 211 cm³/mol. The first-order valence-corrected chi connectivity index (χ1v) is 18.7. The number of rotatable bonds is 27. The highest BCUT2D eigenvalue weighted by Crippen LogP contribution is 2.33. The predicted octanol–water partition coefficient (Wildman–Crippen LogP) is 7.49. The second kappa shape index (κ2) is 26.2. The maximum Gasteiger partial charge on any atom is 0.343 e. The molecule has 0 heterocycles. The van der Waals surface area contributed by atoms with Gasteiger partial charge < -0.3 is 37.9 Å². The van der Waals surface area contributed by atoms with Crippen molar-refractivity contribution < 1.29 is 66.7 Å². The monoisotopic (exact) mass is 800 g/mol. The first kappa shape index (κ1) is 45.7. The molecule has 0 fully saturated rings. The first-order valence-electron chi connectivity index (χ1n) is 18.7. The van der Waals surface area contributed by atoms with Gasteiger partial charge >= 0.3 is 35.8 Å². The van der Waals surface area contributed by atoms with Crippen LogP contribution in [0.5, 0.6) is 28.7 Å². The Bertz CT molecular complexity index is 1850. The lowest BCUT2D eigenvalue weighted by molar-refractivity contribution is -0.142. The van der Waals surface area contributed by atoms with Gasteiger partial charge in [-0.2, -0.15) is 0 Å². The third-order valence-electron chi connectivity index (χ3n) is 7.89. The number of unbranched alkanes of at least 4 members (excludes halogenated alkanes) is 6. The molecular formula is C44H48O14. The van der Waals surface area contributed by atoms with Gasteiger partial charge in [0.05, 0.1) is 44.0 Å². The zero-order chi connectivity index (χ0) is 42.0. The van der Waals surface area contributed by atoms with E-state index in [1.807, 2.05) is 0 Å². The average Bonchev–Trinajstić information content (AvgIpc) is 3.23. The van der Waals surface area contributed by atoms with E-state index in [9.17, 15) is 28.8 Å². The van der Waals surface area contributed by atoms with Crippen LogP contribution in [0.3, 0.4) is 0 Å². The molecule has 308 valence electrons. The van der Waals surface area contributed by atoms with Crippen LogP contribution in [0.2, 0.25) is 0 Å². The summed E-state index contributed by atoms with van der Waals surface area (Å²) < 4.78 is 42.8. The number of benzene rings is 3. The summed E-state index contributed by atoms with van der Waals surface area (Å²) in [6, 6.07) is 16.5. The highest BCUT2D eigenvalue weighted by Gasteiger charge is 2.19. The van der Waals surface area contributed by atoms with E-state index >= 15 is 0 Å².